The molecule has 0 aromatic heterocycles. The first-order valence-electron chi connectivity index (χ1n) is 7.44. The number of carbonyl (C=O) groups is 1. The zero-order valence-electron chi connectivity index (χ0n) is 12.6. The van der Waals surface area contributed by atoms with Crippen molar-refractivity contribution in [2.45, 2.75) is 19.3 Å². The molecule has 0 spiro atoms. The summed E-state index contributed by atoms with van der Waals surface area (Å²) in [6, 6.07) is 13.4. The highest BCUT2D eigenvalue weighted by Gasteiger charge is 2.12. The fourth-order valence-electron chi connectivity index (χ4n) is 2.73. The van der Waals surface area contributed by atoms with E-state index in [0.717, 1.165) is 18.5 Å². The van der Waals surface area contributed by atoms with E-state index in [1.165, 1.54) is 17.5 Å². The van der Waals surface area contributed by atoms with Gasteiger partial charge in [0, 0.05) is 5.69 Å². The van der Waals surface area contributed by atoms with Crippen LogP contribution in [0.2, 0.25) is 0 Å². The Morgan fingerprint density at radius 2 is 1.86 bits per heavy atom. The van der Waals surface area contributed by atoms with E-state index in [1.807, 2.05) is 18.2 Å². The average molecular weight is 297 g/mol. The first-order chi connectivity index (χ1) is 10.8. The van der Waals surface area contributed by atoms with Crippen LogP contribution in [-0.4, -0.2) is 19.6 Å². The van der Waals surface area contributed by atoms with Crippen LogP contribution in [0.4, 0.5) is 5.69 Å². The molecule has 1 aliphatic carbocycles. The molecule has 0 radical (unpaired) electrons. The number of hydrogen-bond acceptors (Lipinski definition) is 3. The fourth-order valence-corrected chi connectivity index (χ4v) is 2.73. The van der Waals surface area contributed by atoms with Crippen molar-refractivity contribution in [3.8, 4) is 11.5 Å². The van der Waals surface area contributed by atoms with Crippen LogP contribution in [0.3, 0.4) is 0 Å². The molecule has 0 fully saturated rings. The normalized spacial score (nSPS) is 12.6. The Labute approximate surface area is 130 Å². The molecule has 0 unspecified atom stereocenters. The third kappa shape index (κ3) is 3.22. The molecular formula is C18H19NO3. The van der Waals surface area contributed by atoms with Gasteiger partial charge in [0.1, 0.15) is 0 Å². The maximum absolute atomic E-state index is 12.0. The first-order valence-corrected chi connectivity index (χ1v) is 7.44. The van der Waals surface area contributed by atoms with E-state index in [1.54, 1.807) is 19.2 Å². The van der Waals surface area contributed by atoms with E-state index < -0.39 is 0 Å². The molecule has 0 atom stereocenters. The molecule has 0 aliphatic heterocycles. The molecule has 4 heteroatoms. The van der Waals surface area contributed by atoms with Gasteiger partial charge in [-0.25, -0.2) is 0 Å². The van der Waals surface area contributed by atoms with Gasteiger partial charge in [-0.2, -0.15) is 0 Å². The average Bonchev–Trinajstić information content (AvgIpc) is 3.01. The number of fused-ring (bicyclic) bond motifs is 1. The van der Waals surface area contributed by atoms with E-state index in [0.29, 0.717) is 11.5 Å². The topological polar surface area (TPSA) is 47.6 Å². The second kappa shape index (κ2) is 6.52. The maximum Gasteiger partial charge on any atom is 0.262 e. The van der Waals surface area contributed by atoms with E-state index in [2.05, 4.69) is 17.4 Å². The Hall–Kier alpha value is -2.49. The van der Waals surface area contributed by atoms with Crippen molar-refractivity contribution in [3.63, 3.8) is 0 Å². The smallest absolute Gasteiger partial charge is 0.262 e. The summed E-state index contributed by atoms with van der Waals surface area (Å²) in [6.45, 7) is -0.0442. The van der Waals surface area contributed by atoms with Crippen LogP contribution in [0.5, 0.6) is 11.5 Å². The quantitative estimate of drug-likeness (QED) is 0.922. The summed E-state index contributed by atoms with van der Waals surface area (Å²) >= 11 is 0. The maximum atomic E-state index is 12.0. The molecule has 1 amide bonds. The van der Waals surface area contributed by atoms with Crippen LogP contribution in [0, 0.1) is 0 Å². The summed E-state index contributed by atoms with van der Waals surface area (Å²) in [5.41, 5.74) is 3.56. The van der Waals surface area contributed by atoms with Gasteiger partial charge in [-0.05, 0) is 54.7 Å². The van der Waals surface area contributed by atoms with Crippen LogP contribution in [0.25, 0.3) is 0 Å². The number of ether oxygens (including phenoxy) is 2. The molecule has 0 saturated carbocycles. The fraction of sp³-hybridized carbons (Fsp3) is 0.278. The number of amides is 1. The third-order valence-corrected chi connectivity index (χ3v) is 3.81. The van der Waals surface area contributed by atoms with E-state index >= 15 is 0 Å². The monoisotopic (exact) mass is 297 g/mol. The summed E-state index contributed by atoms with van der Waals surface area (Å²) in [6.07, 6.45) is 3.43. The number of anilines is 1. The molecule has 3 rings (SSSR count). The molecule has 0 bridgehead atoms. The third-order valence-electron chi connectivity index (χ3n) is 3.81. The predicted octanol–water partition coefficient (Wildman–Crippen LogP) is 3.20. The lowest BCUT2D eigenvalue weighted by atomic mass is 10.1. The highest BCUT2D eigenvalue weighted by molar-refractivity contribution is 5.92. The van der Waals surface area contributed by atoms with Gasteiger partial charge < -0.3 is 14.8 Å². The van der Waals surface area contributed by atoms with Gasteiger partial charge in [0.2, 0.25) is 0 Å². The van der Waals surface area contributed by atoms with Crippen LogP contribution >= 0.6 is 0 Å². The van der Waals surface area contributed by atoms with E-state index in [4.69, 9.17) is 9.47 Å². The second-order valence-electron chi connectivity index (χ2n) is 5.32. The zero-order valence-corrected chi connectivity index (χ0v) is 12.6. The van der Waals surface area contributed by atoms with Gasteiger partial charge in [-0.3, -0.25) is 4.79 Å². The van der Waals surface area contributed by atoms with Gasteiger partial charge in [0.15, 0.2) is 18.1 Å². The molecule has 114 valence electrons. The minimum absolute atomic E-state index is 0.0442. The van der Waals surface area contributed by atoms with Crippen molar-refractivity contribution < 1.29 is 14.3 Å². The minimum atomic E-state index is -0.177. The molecule has 22 heavy (non-hydrogen) atoms. The lowest BCUT2D eigenvalue weighted by Crippen LogP contribution is -2.20. The van der Waals surface area contributed by atoms with Crippen LogP contribution < -0.4 is 14.8 Å². The van der Waals surface area contributed by atoms with Crippen molar-refractivity contribution in [1.29, 1.82) is 0 Å². The SMILES string of the molecule is COc1ccccc1OCC(=O)Nc1ccc2c(c1)CCC2. The van der Waals surface area contributed by atoms with Crippen LogP contribution in [0.1, 0.15) is 17.5 Å². The first kappa shape index (κ1) is 14.4. The van der Waals surface area contributed by atoms with Crippen molar-refractivity contribution in [3.05, 3.63) is 53.6 Å². The summed E-state index contributed by atoms with van der Waals surface area (Å²) in [5.74, 6) is 1.01. The van der Waals surface area contributed by atoms with Crippen molar-refractivity contribution in [2.75, 3.05) is 19.0 Å². The van der Waals surface area contributed by atoms with Gasteiger partial charge >= 0.3 is 0 Å². The molecule has 4 nitrogen and oxygen atoms in total. The number of hydrogen-bond donors (Lipinski definition) is 1. The van der Waals surface area contributed by atoms with Crippen LogP contribution in [-0.2, 0) is 17.6 Å². The molecule has 2 aromatic rings. The highest BCUT2D eigenvalue weighted by atomic mass is 16.5. The van der Waals surface area contributed by atoms with Crippen LogP contribution in [0.15, 0.2) is 42.5 Å². The van der Waals surface area contributed by atoms with Crippen molar-refractivity contribution in [1.82, 2.24) is 0 Å². The van der Waals surface area contributed by atoms with Gasteiger partial charge in [0.25, 0.3) is 5.91 Å². The number of aryl methyl sites for hydroxylation is 2. The number of carbonyl (C=O) groups excluding carboxylic acids is 1. The Balaban J connectivity index is 1.58. The van der Waals surface area contributed by atoms with Gasteiger partial charge in [0.05, 0.1) is 7.11 Å². The number of rotatable bonds is 5. The zero-order chi connectivity index (χ0) is 15.4. The lowest BCUT2D eigenvalue weighted by molar-refractivity contribution is -0.118. The van der Waals surface area contributed by atoms with E-state index in [-0.39, 0.29) is 12.5 Å². The number of methoxy groups -OCH3 is 1. The van der Waals surface area contributed by atoms with E-state index in [9.17, 15) is 4.79 Å². The second-order valence-corrected chi connectivity index (χ2v) is 5.32. The minimum Gasteiger partial charge on any atom is -0.493 e. The molecule has 0 heterocycles. The molecular weight excluding hydrogens is 278 g/mol. The van der Waals surface area contributed by atoms with Gasteiger partial charge in [-0.15, -0.1) is 0 Å². The summed E-state index contributed by atoms with van der Waals surface area (Å²) in [4.78, 5) is 12.0. The Morgan fingerprint density at radius 1 is 1.09 bits per heavy atom. The number of para-hydroxylation sites is 2. The Kier molecular flexibility index (Phi) is 4.28. The number of benzene rings is 2. The standard InChI is InChI=1S/C18H19NO3/c1-21-16-7-2-3-8-17(16)22-12-18(20)19-15-10-9-13-5-4-6-14(13)11-15/h2-3,7-11H,4-6,12H2,1H3,(H,19,20). The Bertz CT molecular complexity index is 682. The van der Waals surface area contributed by atoms with Gasteiger partial charge in [-0.1, -0.05) is 18.2 Å². The van der Waals surface area contributed by atoms with Crippen molar-refractivity contribution in [2.24, 2.45) is 0 Å². The molecule has 1 N–H and O–H groups in total. The molecule has 2 aromatic carbocycles. The number of nitrogens with one attached hydrogen (secondary N) is 1. The summed E-state index contributed by atoms with van der Waals surface area (Å²) in [5, 5.41) is 2.87. The molecule has 1 aliphatic rings. The Morgan fingerprint density at radius 3 is 2.68 bits per heavy atom. The summed E-state index contributed by atoms with van der Waals surface area (Å²) < 4.78 is 10.7. The largest absolute Gasteiger partial charge is 0.493 e. The lowest BCUT2D eigenvalue weighted by Gasteiger charge is -2.11. The highest BCUT2D eigenvalue weighted by Crippen LogP contribution is 2.26. The predicted molar refractivity (Wildman–Crippen MR) is 85.6 cm³/mol. The summed E-state index contributed by atoms with van der Waals surface area (Å²) in [7, 11) is 1.58. The van der Waals surface area contributed by atoms with Crippen molar-refractivity contribution >= 4 is 11.6 Å². The molecule has 0 saturated heterocycles.